The van der Waals surface area contributed by atoms with Gasteiger partial charge >= 0.3 is 0 Å². The molecule has 26 heavy (non-hydrogen) atoms. The maximum absolute atomic E-state index is 2.92. The topological polar surface area (TPSA) is 0 Å². The summed E-state index contributed by atoms with van der Waals surface area (Å²) in [6.45, 7) is 13.8. The van der Waals surface area contributed by atoms with Crippen LogP contribution in [-0.2, 0) is 0 Å². The van der Waals surface area contributed by atoms with Gasteiger partial charge in [0.15, 0.2) is 0 Å². The zero-order valence-corrected chi connectivity index (χ0v) is 19.8. The minimum atomic E-state index is 0.887. The minimum Gasteiger partial charge on any atom is -0.110 e. The van der Waals surface area contributed by atoms with Gasteiger partial charge in [0.25, 0.3) is 0 Å². The van der Waals surface area contributed by atoms with Crippen LogP contribution in [0.5, 0.6) is 0 Å². The van der Waals surface area contributed by atoms with Crippen LogP contribution in [0.3, 0.4) is 0 Å². The quantitative estimate of drug-likeness (QED) is 0.320. The second kappa shape index (κ2) is 13.1. The number of hydrogen-bond acceptors (Lipinski definition) is 0. The molecule has 0 saturated heterocycles. The van der Waals surface area contributed by atoms with Crippen LogP contribution in [0.2, 0.25) is 0 Å². The van der Waals surface area contributed by atoms with Crippen molar-refractivity contribution in [3.05, 3.63) is 23.0 Å². The van der Waals surface area contributed by atoms with Crippen molar-refractivity contribution in [1.82, 2.24) is 0 Å². The van der Waals surface area contributed by atoms with Crippen LogP contribution >= 0.6 is 9.24 Å². The predicted molar refractivity (Wildman–Crippen MR) is 124 cm³/mol. The van der Waals surface area contributed by atoms with Gasteiger partial charge in [-0.25, -0.2) is 0 Å². The Kier molecular flexibility index (Phi) is 12.1. The minimum absolute atomic E-state index is 0.887. The number of allylic oxidation sites excluding steroid dienone is 4. The summed E-state index contributed by atoms with van der Waals surface area (Å²) < 4.78 is 0. The van der Waals surface area contributed by atoms with Crippen LogP contribution in [0.1, 0.15) is 106 Å². The molecule has 0 aliphatic heterocycles. The summed E-state index contributed by atoms with van der Waals surface area (Å²) in [6.07, 6.45) is 18.8. The molecule has 0 aromatic carbocycles. The van der Waals surface area contributed by atoms with Gasteiger partial charge in [0.2, 0.25) is 0 Å². The van der Waals surface area contributed by atoms with E-state index in [2.05, 4.69) is 62.9 Å². The van der Waals surface area contributed by atoms with E-state index in [1.165, 1.54) is 69.5 Å². The molecule has 1 fully saturated rings. The van der Waals surface area contributed by atoms with Gasteiger partial charge in [-0.2, -0.15) is 0 Å². The van der Waals surface area contributed by atoms with Crippen LogP contribution in [0.15, 0.2) is 23.0 Å². The lowest BCUT2D eigenvalue weighted by molar-refractivity contribution is 0.165. The number of rotatable bonds is 6. The van der Waals surface area contributed by atoms with E-state index in [-0.39, 0.29) is 0 Å². The van der Waals surface area contributed by atoms with Crippen LogP contribution < -0.4 is 0 Å². The van der Waals surface area contributed by atoms with Gasteiger partial charge in [-0.3, -0.25) is 0 Å². The molecular formula is C25H47P. The van der Waals surface area contributed by atoms with Crippen molar-refractivity contribution in [2.45, 2.75) is 106 Å². The van der Waals surface area contributed by atoms with E-state index in [9.17, 15) is 0 Å². The first-order valence-electron chi connectivity index (χ1n) is 11.5. The molecule has 0 amide bonds. The maximum Gasteiger partial charge on any atom is -0.0280 e. The number of hydrogen-bond donors (Lipinski definition) is 0. The molecule has 0 aromatic rings. The summed E-state index contributed by atoms with van der Waals surface area (Å²) in [5.74, 6) is 4.69. The van der Waals surface area contributed by atoms with Crippen molar-refractivity contribution >= 4 is 9.24 Å². The summed E-state index contributed by atoms with van der Waals surface area (Å²) >= 11 is 0. The smallest absolute Gasteiger partial charge is 0.0280 e. The fourth-order valence-electron chi connectivity index (χ4n) is 4.79. The Morgan fingerprint density at radius 3 is 2.27 bits per heavy atom. The lowest BCUT2D eigenvalue weighted by Crippen LogP contribution is -2.25. The summed E-state index contributed by atoms with van der Waals surface area (Å²) in [4.78, 5) is 0. The highest BCUT2D eigenvalue weighted by Crippen LogP contribution is 2.41. The van der Waals surface area contributed by atoms with Gasteiger partial charge in [0.05, 0.1) is 0 Å². The highest BCUT2D eigenvalue weighted by atomic mass is 31.0. The SMILES string of the molecule is C/C=C(\C)CC(CC(C)C1CC=C(P)CC1)C1CCC(C)CC1.CCC. The molecule has 0 radical (unpaired) electrons. The Morgan fingerprint density at radius 1 is 1.15 bits per heavy atom. The zero-order chi connectivity index (χ0) is 19.5. The lowest BCUT2D eigenvalue weighted by atomic mass is 9.69. The molecule has 4 unspecified atom stereocenters. The molecule has 0 heterocycles. The van der Waals surface area contributed by atoms with E-state index in [1.807, 2.05) is 0 Å². The van der Waals surface area contributed by atoms with Gasteiger partial charge in [0.1, 0.15) is 0 Å². The third-order valence-corrected chi connectivity index (χ3v) is 7.29. The van der Waals surface area contributed by atoms with E-state index in [0.29, 0.717) is 0 Å². The monoisotopic (exact) mass is 378 g/mol. The van der Waals surface area contributed by atoms with Crippen molar-refractivity contribution in [2.75, 3.05) is 0 Å². The van der Waals surface area contributed by atoms with Gasteiger partial charge < -0.3 is 0 Å². The summed E-state index contributed by atoms with van der Waals surface area (Å²) in [7, 11) is 2.92. The molecule has 0 bridgehead atoms. The highest BCUT2D eigenvalue weighted by molar-refractivity contribution is 7.22. The van der Waals surface area contributed by atoms with Gasteiger partial charge in [0, 0.05) is 0 Å². The molecule has 2 rings (SSSR count). The molecule has 0 N–H and O–H groups in total. The van der Waals surface area contributed by atoms with Gasteiger partial charge in [-0.15, -0.1) is 9.24 Å². The van der Waals surface area contributed by atoms with Crippen molar-refractivity contribution < 1.29 is 0 Å². The van der Waals surface area contributed by atoms with E-state index < -0.39 is 0 Å². The molecule has 1 saturated carbocycles. The molecule has 0 spiro atoms. The summed E-state index contributed by atoms with van der Waals surface area (Å²) in [5, 5.41) is 1.54. The summed E-state index contributed by atoms with van der Waals surface area (Å²) in [6, 6.07) is 0. The molecule has 1 heteroatoms. The van der Waals surface area contributed by atoms with Gasteiger partial charge in [-0.1, -0.05) is 70.0 Å². The molecule has 152 valence electrons. The Morgan fingerprint density at radius 2 is 1.77 bits per heavy atom. The van der Waals surface area contributed by atoms with Crippen LogP contribution in [0.25, 0.3) is 0 Å². The third kappa shape index (κ3) is 8.73. The second-order valence-electron chi connectivity index (χ2n) is 9.35. The van der Waals surface area contributed by atoms with Crippen LogP contribution in [0.4, 0.5) is 0 Å². The lowest BCUT2D eigenvalue weighted by Gasteiger charge is -2.36. The van der Waals surface area contributed by atoms with E-state index in [4.69, 9.17) is 0 Å². The molecular weight excluding hydrogens is 331 g/mol. The zero-order valence-electron chi connectivity index (χ0n) is 18.7. The first kappa shape index (κ1) is 23.9. The largest absolute Gasteiger partial charge is 0.110 e. The Labute approximate surface area is 167 Å². The first-order valence-corrected chi connectivity index (χ1v) is 12.0. The van der Waals surface area contributed by atoms with Gasteiger partial charge in [-0.05, 0) is 88.4 Å². The Bertz CT molecular complexity index is 425. The van der Waals surface area contributed by atoms with Crippen molar-refractivity contribution in [3.63, 3.8) is 0 Å². The fourth-order valence-corrected chi connectivity index (χ4v) is 5.10. The second-order valence-corrected chi connectivity index (χ2v) is 10.1. The average molecular weight is 379 g/mol. The van der Waals surface area contributed by atoms with E-state index in [1.54, 1.807) is 5.57 Å². The first-order chi connectivity index (χ1) is 12.4. The summed E-state index contributed by atoms with van der Waals surface area (Å²) in [5.41, 5.74) is 1.61. The van der Waals surface area contributed by atoms with E-state index >= 15 is 0 Å². The van der Waals surface area contributed by atoms with E-state index in [0.717, 1.165) is 29.6 Å². The Hall–Kier alpha value is -0.0900. The van der Waals surface area contributed by atoms with Crippen molar-refractivity contribution in [2.24, 2.45) is 29.6 Å². The molecule has 2 aliphatic rings. The molecule has 2 aliphatic carbocycles. The molecule has 4 atom stereocenters. The normalized spacial score (nSPS) is 29.3. The van der Waals surface area contributed by atoms with Crippen LogP contribution in [0, 0.1) is 29.6 Å². The fraction of sp³-hybridized carbons (Fsp3) is 0.840. The molecule has 0 aromatic heterocycles. The van der Waals surface area contributed by atoms with Crippen molar-refractivity contribution in [1.29, 1.82) is 0 Å². The average Bonchev–Trinajstić information content (AvgIpc) is 2.63. The third-order valence-electron chi connectivity index (χ3n) is 6.77. The molecule has 0 nitrogen and oxygen atoms in total. The highest BCUT2D eigenvalue weighted by Gasteiger charge is 2.29. The van der Waals surface area contributed by atoms with Crippen LogP contribution in [-0.4, -0.2) is 0 Å². The maximum atomic E-state index is 2.92. The van der Waals surface area contributed by atoms with Crippen molar-refractivity contribution in [3.8, 4) is 0 Å². The Balaban J connectivity index is 0.00000105. The predicted octanol–water partition coefficient (Wildman–Crippen LogP) is 8.79. The standard InChI is InChI=1S/C22H39P.C3H8/c1-5-16(2)14-21(20-8-6-17(3)7-9-20)15-18(4)19-10-12-22(23)13-11-19;1-3-2/h5,12,17-21H,6-11,13-15,23H2,1-4H3;3H2,1-2H3/b16-5+;.